The van der Waals surface area contributed by atoms with E-state index in [9.17, 15) is 9.59 Å². The van der Waals surface area contributed by atoms with Crippen LogP contribution in [0, 0.1) is 5.92 Å². The van der Waals surface area contributed by atoms with Gasteiger partial charge in [-0.05, 0) is 32.3 Å². The van der Waals surface area contributed by atoms with Crippen LogP contribution in [0.15, 0.2) is 59.6 Å². The summed E-state index contributed by atoms with van der Waals surface area (Å²) in [6.07, 6.45) is 2.73. The molecule has 3 aliphatic heterocycles. The van der Waals surface area contributed by atoms with E-state index in [4.69, 9.17) is 9.47 Å². The molecule has 0 N–H and O–H groups in total. The number of fused-ring (bicyclic) bond motifs is 3. The van der Waals surface area contributed by atoms with E-state index in [-0.39, 0.29) is 6.61 Å². The average Bonchev–Trinajstić information content (AvgIpc) is 2.84. The zero-order valence-corrected chi connectivity index (χ0v) is 18.1. The fraction of sp³-hybridized carbons (Fsp3) is 0.400. The Labute approximate surface area is 187 Å². The van der Waals surface area contributed by atoms with Crippen molar-refractivity contribution in [2.45, 2.75) is 38.5 Å². The number of hydrogen-bond acceptors (Lipinski definition) is 6. The normalized spacial score (nSPS) is 24.7. The summed E-state index contributed by atoms with van der Waals surface area (Å²) in [7, 11) is 0. The van der Waals surface area contributed by atoms with Crippen molar-refractivity contribution in [3.63, 3.8) is 0 Å². The van der Waals surface area contributed by atoms with Gasteiger partial charge in [-0.25, -0.2) is 0 Å². The Kier molecular flexibility index (Phi) is 5.55. The summed E-state index contributed by atoms with van der Waals surface area (Å²) in [5.74, 6) is -0.779. The number of carbonyl (C=O) groups is 2. The number of carbonyl (C=O) groups excluding carboxylic acids is 2. The molecule has 2 aromatic carbocycles. The van der Waals surface area contributed by atoms with Crippen molar-refractivity contribution in [2.24, 2.45) is 10.9 Å². The van der Waals surface area contributed by atoms with Gasteiger partial charge >= 0.3 is 5.97 Å². The predicted molar refractivity (Wildman–Crippen MR) is 119 cm³/mol. The molecule has 3 heterocycles. The fourth-order valence-corrected chi connectivity index (χ4v) is 4.87. The lowest BCUT2D eigenvalue weighted by molar-refractivity contribution is -0.157. The zero-order valence-electron chi connectivity index (χ0n) is 18.1. The van der Waals surface area contributed by atoms with Crippen LogP contribution in [0.25, 0.3) is 0 Å². The highest BCUT2D eigenvalue weighted by atomic mass is 16.5. The van der Waals surface area contributed by atoms with Gasteiger partial charge in [0.15, 0.2) is 5.92 Å². The molecule has 3 aliphatic rings. The van der Waals surface area contributed by atoms with Gasteiger partial charge in [0, 0.05) is 24.2 Å². The van der Waals surface area contributed by atoms with Crippen molar-refractivity contribution < 1.29 is 19.1 Å². The highest BCUT2D eigenvalue weighted by Gasteiger charge is 2.52. The summed E-state index contributed by atoms with van der Waals surface area (Å²) < 4.78 is 11.8. The maximum absolute atomic E-state index is 13.3. The predicted octanol–water partition coefficient (Wildman–Crippen LogP) is 3.68. The lowest BCUT2D eigenvalue weighted by Crippen LogP contribution is -2.58. The number of guanidine groups is 1. The number of para-hydroxylation sites is 1. The molecule has 0 aliphatic carbocycles. The molecule has 0 unspecified atom stereocenters. The van der Waals surface area contributed by atoms with Crippen LogP contribution < -0.4 is 4.74 Å². The minimum Gasteiger partial charge on any atom is -0.466 e. The van der Waals surface area contributed by atoms with Gasteiger partial charge in [0.2, 0.25) is 12.2 Å². The van der Waals surface area contributed by atoms with Crippen LogP contribution in [0.3, 0.4) is 0 Å². The lowest BCUT2D eigenvalue weighted by atomic mass is 9.86. The Balaban J connectivity index is 1.69. The van der Waals surface area contributed by atoms with Gasteiger partial charge in [0.05, 0.1) is 12.6 Å². The van der Waals surface area contributed by atoms with Gasteiger partial charge in [-0.2, -0.15) is 4.99 Å². The first-order chi connectivity index (χ1) is 15.7. The second-order valence-electron chi connectivity index (χ2n) is 8.30. The smallest absolute Gasteiger partial charge is 0.321 e. The van der Waals surface area contributed by atoms with Gasteiger partial charge < -0.3 is 14.4 Å². The summed E-state index contributed by atoms with van der Waals surface area (Å²) >= 11 is 0. The van der Waals surface area contributed by atoms with Gasteiger partial charge in [0.25, 0.3) is 5.91 Å². The second kappa shape index (κ2) is 8.65. The third kappa shape index (κ3) is 3.51. The summed E-state index contributed by atoms with van der Waals surface area (Å²) in [4.78, 5) is 34.9. The number of piperidine rings is 1. The highest BCUT2D eigenvalue weighted by molar-refractivity contribution is 6.07. The first-order valence-corrected chi connectivity index (χ1v) is 11.3. The molecule has 5 rings (SSSR count). The Morgan fingerprint density at radius 3 is 2.53 bits per heavy atom. The standard InChI is InChI=1S/C25H27N3O4/c1-2-31-24(30)20-21-18-13-7-8-14-19(18)32-23(17-11-5-3-6-12-17)28(21)25(26-22(20)29)27-15-9-4-10-16-27/h3,5-8,11-14,20-21,23H,2,4,9-10,15-16H2,1H3/t20-,21-,23+/m0/s1. The minimum absolute atomic E-state index is 0.207. The molecule has 0 saturated carbocycles. The van der Waals surface area contributed by atoms with E-state index < -0.39 is 30.1 Å². The van der Waals surface area contributed by atoms with Crippen LogP contribution >= 0.6 is 0 Å². The third-order valence-corrected chi connectivity index (χ3v) is 6.32. The fourth-order valence-electron chi connectivity index (χ4n) is 4.87. The second-order valence-corrected chi connectivity index (χ2v) is 8.30. The number of likely N-dealkylation sites (tertiary alicyclic amines) is 1. The third-order valence-electron chi connectivity index (χ3n) is 6.32. The SMILES string of the molecule is CCOC(=O)[C@@H]1C(=O)N=C(N2CCCCC2)N2[C@@H](c3ccccc3)Oc3ccccc3[C@@H]12. The van der Waals surface area contributed by atoms with E-state index in [0.29, 0.717) is 11.7 Å². The number of rotatable bonds is 3. The molecule has 0 spiro atoms. The number of esters is 1. The number of aliphatic imine (C=N–C) groups is 1. The zero-order chi connectivity index (χ0) is 22.1. The van der Waals surface area contributed by atoms with E-state index >= 15 is 0 Å². The van der Waals surface area contributed by atoms with Gasteiger partial charge in [-0.3, -0.25) is 14.5 Å². The molecule has 7 nitrogen and oxygen atoms in total. The van der Waals surface area contributed by atoms with Crippen molar-refractivity contribution in [2.75, 3.05) is 19.7 Å². The molecule has 1 fully saturated rings. The summed E-state index contributed by atoms with van der Waals surface area (Å²) in [6.45, 7) is 3.60. The Hall–Kier alpha value is -3.35. The number of ether oxygens (including phenoxy) is 2. The maximum atomic E-state index is 13.3. The molecule has 166 valence electrons. The molecular weight excluding hydrogens is 406 g/mol. The average molecular weight is 434 g/mol. The van der Waals surface area contributed by atoms with Crippen LogP contribution in [-0.4, -0.2) is 47.3 Å². The molecule has 7 heteroatoms. The first kappa shape index (κ1) is 20.5. The van der Waals surface area contributed by atoms with Crippen molar-refractivity contribution >= 4 is 17.8 Å². The topological polar surface area (TPSA) is 71.4 Å². The molecule has 0 aromatic heterocycles. The van der Waals surface area contributed by atoms with E-state index in [0.717, 1.165) is 43.5 Å². The largest absolute Gasteiger partial charge is 0.466 e. The summed E-state index contributed by atoms with van der Waals surface area (Å²) in [5, 5.41) is 0. The van der Waals surface area contributed by atoms with Crippen LogP contribution in [-0.2, 0) is 14.3 Å². The number of hydrogen-bond donors (Lipinski definition) is 0. The van der Waals surface area contributed by atoms with Crippen LogP contribution in [0.5, 0.6) is 5.75 Å². The van der Waals surface area contributed by atoms with Crippen molar-refractivity contribution in [3.8, 4) is 5.75 Å². The maximum Gasteiger partial charge on any atom is 0.321 e. The van der Waals surface area contributed by atoms with Crippen molar-refractivity contribution in [1.82, 2.24) is 9.80 Å². The lowest BCUT2D eigenvalue weighted by Gasteiger charge is -2.50. The summed E-state index contributed by atoms with van der Waals surface area (Å²) in [5.41, 5.74) is 1.74. The van der Waals surface area contributed by atoms with Crippen LogP contribution in [0.1, 0.15) is 49.6 Å². The first-order valence-electron chi connectivity index (χ1n) is 11.3. The van der Waals surface area contributed by atoms with Crippen molar-refractivity contribution in [1.29, 1.82) is 0 Å². The number of benzene rings is 2. The molecule has 1 amide bonds. The van der Waals surface area contributed by atoms with Crippen LogP contribution in [0.2, 0.25) is 0 Å². The number of nitrogens with zero attached hydrogens (tertiary/aromatic N) is 3. The molecule has 32 heavy (non-hydrogen) atoms. The monoisotopic (exact) mass is 433 g/mol. The van der Waals surface area contributed by atoms with Crippen molar-refractivity contribution in [3.05, 3.63) is 65.7 Å². The number of amides is 1. The molecular formula is C25H27N3O4. The quantitative estimate of drug-likeness (QED) is 0.543. The minimum atomic E-state index is -1.04. The van der Waals surface area contributed by atoms with E-state index in [1.54, 1.807) is 6.92 Å². The molecule has 0 radical (unpaired) electrons. The summed E-state index contributed by atoms with van der Waals surface area (Å²) in [6, 6.07) is 17.0. The van der Waals surface area contributed by atoms with E-state index in [2.05, 4.69) is 9.89 Å². The Bertz CT molecular complexity index is 1030. The molecule has 0 bridgehead atoms. The molecule has 3 atom stereocenters. The van der Waals surface area contributed by atoms with Gasteiger partial charge in [0.1, 0.15) is 5.75 Å². The Morgan fingerprint density at radius 2 is 1.78 bits per heavy atom. The molecule has 2 aromatic rings. The van der Waals surface area contributed by atoms with Crippen LogP contribution in [0.4, 0.5) is 0 Å². The Morgan fingerprint density at radius 1 is 1.06 bits per heavy atom. The molecule has 1 saturated heterocycles. The van der Waals surface area contributed by atoms with E-state index in [1.165, 1.54) is 0 Å². The van der Waals surface area contributed by atoms with Gasteiger partial charge in [-0.15, -0.1) is 0 Å². The highest BCUT2D eigenvalue weighted by Crippen LogP contribution is 2.48. The van der Waals surface area contributed by atoms with E-state index in [1.807, 2.05) is 59.5 Å². The van der Waals surface area contributed by atoms with Gasteiger partial charge in [-0.1, -0.05) is 48.5 Å².